The molecule has 1 atom stereocenters. The van der Waals surface area contributed by atoms with Crippen LogP contribution in [0.1, 0.15) is 51.4 Å². The Morgan fingerprint density at radius 3 is 2.44 bits per heavy atom. The van der Waals surface area contributed by atoms with E-state index in [0.717, 1.165) is 12.6 Å². The van der Waals surface area contributed by atoms with Crippen LogP contribution in [0.4, 0.5) is 0 Å². The maximum Gasteiger partial charge on any atom is 0.0397 e. The van der Waals surface area contributed by atoms with Gasteiger partial charge >= 0.3 is 0 Å². The summed E-state index contributed by atoms with van der Waals surface area (Å²) >= 11 is 2.08. The quantitative estimate of drug-likeness (QED) is 0.747. The average Bonchev–Trinajstić information content (AvgIpc) is 2.59. The molecule has 1 aliphatic heterocycles. The normalized spacial score (nSPS) is 33.6. The molecule has 2 aliphatic rings. The van der Waals surface area contributed by atoms with Crippen molar-refractivity contribution < 1.29 is 0 Å². The zero-order chi connectivity index (χ0) is 11.3. The fourth-order valence-corrected chi connectivity index (χ4v) is 4.27. The maximum atomic E-state index is 6.02. The Hall–Kier alpha value is 0.270. The molecule has 2 rings (SSSR count). The van der Waals surface area contributed by atoms with E-state index in [0.29, 0.717) is 0 Å². The van der Waals surface area contributed by atoms with Crippen molar-refractivity contribution in [2.45, 2.75) is 62.9 Å². The van der Waals surface area contributed by atoms with Gasteiger partial charge < -0.3 is 11.1 Å². The van der Waals surface area contributed by atoms with Crippen LogP contribution in [0.3, 0.4) is 0 Å². The summed E-state index contributed by atoms with van der Waals surface area (Å²) in [4.78, 5) is 0. The Morgan fingerprint density at radius 2 is 1.88 bits per heavy atom. The van der Waals surface area contributed by atoms with Crippen molar-refractivity contribution in [2.24, 2.45) is 5.73 Å². The zero-order valence-corrected chi connectivity index (χ0v) is 11.2. The van der Waals surface area contributed by atoms with E-state index in [2.05, 4.69) is 17.1 Å². The number of rotatable bonds is 3. The van der Waals surface area contributed by atoms with E-state index >= 15 is 0 Å². The molecule has 0 aromatic heterocycles. The van der Waals surface area contributed by atoms with Gasteiger partial charge in [-0.1, -0.05) is 25.7 Å². The third-order valence-corrected chi connectivity index (χ3v) is 5.41. The molecule has 3 heteroatoms. The van der Waals surface area contributed by atoms with Crippen LogP contribution in [0.2, 0.25) is 0 Å². The molecule has 94 valence electrons. The third-order valence-electron chi connectivity index (χ3n) is 4.08. The summed E-state index contributed by atoms with van der Waals surface area (Å²) < 4.78 is 0. The molecule has 0 spiro atoms. The summed E-state index contributed by atoms with van der Waals surface area (Å²) in [5.74, 6) is 2.55. The Morgan fingerprint density at radius 1 is 1.12 bits per heavy atom. The molecule has 1 saturated carbocycles. The monoisotopic (exact) mass is 242 g/mol. The van der Waals surface area contributed by atoms with E-state index in [4.69, 9.17) is 5.73 Å². The highest BCUT2D eigenvalue weighted by atomic mass is 32.2. The van der Waals surface area contributed by atoms with E-state index < -0.39 is 0 Å². The van der Waals surface area contributed by atoms with Gasteiger partial charge in [-0.15, -0.1) is 0 Å². The van der Waals surface area contributed by atoms with Crippen LogP contribution in [-0.4, -0.2) is 29.6 Å². The van der Waals surface area contributed by atoms with Crippen molar-refractivity contribution in [3.63, 3.8) is 0 Å². The van der Waals surface area contributed by atoms with Gasteiger partial charge in [0.05, 0.1) is 0 Å². The molecular formula is C13H26N2S. The van der Waals surface area contributed by atoms with E-state index in [1.54, 1.807) is 0 Å². The van der Waals surface area contributed by atoms with E-state index in [1.807, 2.05) is 0 Å². The Bertz CT molecular complexity index is 194. The van der Waals surface area contributed by atoms with Gasteiger partial charge in [0.25, 0.3) is 0 Å². The van der Waals surface area contributed by atoms with Crippen molar-refractivity contribution >= 4 is 11.8 Å². The van der Waals surface area contributed by atoms with Crippen LogP contribution in [-0.2, 0) is 0 Å². The smallest absolute Gasteiger partial charge is 0.0397 e. The van der Waals surface area contributed by atoms with Crippen molar-refractivity contribution in [1.82, 2.24) is 5.32 Å². The molecule has 2 nitrogen and oxygen atoms in total. The van der Waals surface area contributed by atoms with Crippen molar-refractivity contribution in [3.8, 4) is 0 Å². The van der Waals surface area contributed by atoms with Crippen LogP contribution in [0.25, 0.3) is 0 Å². The lowest BCUT2D eigenvalue weighted by atomic mass is 9.93. The first-order chi connectivity index (χ1) is 7.85. The molecule has 0 radical (unpaired) electrons. The van der Waals surface area contributed by atoms with Gasteiger partial charge in [0.1, 0.15) is 0 Å². The first kappa shape index (κ1) is 12.7. The first-order valence-electron chi connectivity index (χ1n) is 6.90. The predicted octanol–water partition coefficient (Wildman–Crippen LogP) is 2.52. The van der Waals surface area contributed by atoms with Gasteiger partial charge in [-0.3, -0.25) is 0 Å². The molecule has 1 unspecified atom stereocenters. The molecule has 1 saturated heterocycles. The SMILES string of the molecule is NCC1(NC2CCCCCC2)CCCSC1. The number of nitrogens with one attached hydrogen (secondary N) is 1. The van der Waals surface area contributed by atoms with Gasteiger partial charge in [-0.2, -0.15) is 11.8 Å². The van der Waals surface area contributed by atoms with Crippen LogP contribution in [0.5, 0.6) is 0 Å². The van der Waals surface area contributed by atoms with Crippen molar-refractivity contribution in [1.29, 1.82) is 0 Å². The standard InChI is InChI=1S/C13H26N2S/c14-10-13(8-5-9-16-11-13)15-12-6-3-1-2-4-7-12/h12,15H,1-11,14H2. The van der Waals surface area contributed by atoms with E-state index in [-0.39, 0.29) is 5.54 Å². The fourth-order valence-electron chi connectivity index (χ4n) is 3.04. The first-order valence-corrected chi connectivity index (χ1v) is 8.06. The molecule has 0 amide bonds. The Labute approximate surface area is 104 Å². The summed E-state index contributed by atoms with van der Waals surface area (Å²) in [5.41, 5.74) is 6.28. The summed E-state index contributed by atoms with van der Waals surface area (Å²) in [6, 6.07) is 0.741. The van der Waals surface area contributed by atoms with Crippen molar-refractivity contribution in [3.05, 3.63) is 0 Å². The summed E-state index contributed by atoms with van der Waals surface area (Å²) in [5, 5.41) is 3.92. The molecule has 0 aromatic carbocycles. The van der Waals surface area contributed by atoms with E-state index in [1.165, 1.54) is 62.9 Å². The lowest BCUT2D eigenvalue weighted by molar-refractivity contribution is 0.280. The zero-order valence-electron chi connectivity index (χ0n) is 10.3. The molecular weight excluding hydrogens is 216 g/mol. The minimum absolute atomic E-state index is 0.262. The number of nitrogens with two attached hydrogens (primary N) is 1. The van der Waals surface area contributed by atoms with Crippen molar-refractivity contribution in [2.75, 3.05) is 18.1 Å². The summed E-state index contributed by atoms with van der Waals surface area (Å²) in [6.07, 6.45) is 11.0. The third kappa shape index (κ3) is 3.38. The molecule has 16 heavy (non-hydrogen) atoms. The number of hydrogen-bond donors (Lipinski definition) is 2. The second-order valence-electron chi connectivity index (χ2n) is 5.47. The second-order valence-corrected chi connectivity index (χ2v) is 6.58. The lowest BCUT2D eigenvalue weighted by Gasteiger charge is -2.40. The summed E-state index contributed by atoms with van der Waals surface area (Å²) in [7, 11) is 0. The highest BCUT2D eigenvalue weighted by Crippen LogP contribution is 2.28. The topological polar surface area (TPSA) is 38.0 Å². The minimum atomic E-state index is 0.262. The Balaban J connectivity index is 1.88. The lowest BCUT2D eigenvalue weighted by Crippen LogP contribution is -2.58. The van der Waals surface area contributed by atoms with Gasteiger partial charge in [0.15, 0.2) is 0 Å². The maximum absolute atomic E-state index is 6.02. The predicted molar refractivity (Wildman–Crippen MR) is 73.0 cm³/mol. The molecule has 1 heterocycles. The highest BCUT2D eigenvalue weighted by molar-refractivity contribution is 7.99. The number of hydrogen-bond acceptors (Lipinski definition) is 3. The van der Waals surface area contributed by atoms with Crippen LogP contribution >= 0.6 is 11.8 Å². The van der Waals surface area contributed by atoms with Gasteiger partial charge in [0, 0.05) is 23.9 Å². The van der Waals surface area contributed by atoms with E-state index in [9.17, 15) is 0 Å². The van der Waals surface area contributed by atoms with Gasteiger partial charge in [-0.05, 0) is 31.4 Å². The number of thioether (sulfide) groups is 1. The highest BCUT2D eigenvalue weighted by Gasteiger charge is 2.32. The van der Waals surface area contributed by atoms with Gasteiger partial charge in [0.2, 0.25) is 0 Å². The Kier molecular flexibility index (Phi) is 4.98. The second kappa shape index (κ2) is 6.27. The minimum Gasteiger partial charge on any atom is -0.329 e. The summed E-state index contributed by atoms with van der Waals surface area (Å²) in [6.45, 7) is 0.816. The van der Waals surface area contributed by atoms with Crippen LogP contribution in [0, 0.1) is 0 Å². The van der Waals surface area contributed by atoms with Crippen LogP contribution in [0.15, 0.2) is 0 Å². The average molecular weight is 242 g/mol. The van der Waals surface area contributed by atoms with Gasteiger partial charge in [-0.25, -0.2) is 0 Å². The largest absolute Gasteiger partial charge is 0.329 e. The molecule has 0 aromatic rings. The molecule has 2 fully saturated rings. The molecule has 3 N–H and O–H groups in total. The fraction of sp³-hybridized carbons (Fsp3) is 1.00. The molecule has 1 aliphatic carbocycles. The molecule has 0 bridgehead atoms. The van der Waals surface area contributed by atoms with Crippen LogP contribution < -0.4 is 11.1 Å².